The number of rotatable bonds is 4. The maximum absolute atomic E-state index is 4.89. The standard InChI is InChI=1S/C31H20N6/c1-3-10-21(11-4-1)28-34-29(22-12-5-2-6-13-22)36-30(35-28)23-16-17-26-25(20-23)24-14-9-19-33-31(24)37(26)27-15-7-8-18-32-27/h1-20H. The average Bonchev–Trinajstić information content (AvgIpc) is 3.32. The molecule has 0 aliphatic carbocycles. The van der Waals surface area contributed by atoms with E-state index in [0.29, 0.717) is 17.5 Å². The van der Waals surface area contributed by atoms with Crippen LogP contribution in [0, 0.1) is 0 Å². The summed E-state index contributed by atoms with van der Waals surface area (Å²) in [5, 5.41) is 2.11. The molecule has 0 saturated carbocycles. The van der Waals surface area contributed by atoms with Gasteiger partial charge >= 0.3 is 0 Å². The highest BCUT2D eigenvalue weighted by molar-refractivity contribution is 6.08. The van der Waals surface area contributed by atoms with Gasteiger partial charge in [0.25, 0.3) is 0 Å². The van der Waals surface area contributed by atoms with Crippen LogP contribution in [0.5, 0.6) is 0 Å². The summed E-state index contributed by atoms with van der Waals surface area (Å²) in [5.41, 5.74) is 4.68. The lowest BCUT2D eigenvalue weighted by molar-refractivity contribution is 1.06. The lowest BCUT2D eigenvalue weighted by atomic mass is 10.1. The Hall–Kier alpha value is -5.23. The molecule has 0 aliphatic rings. The minimum Gasteiger partial charge on any atom is -0.278 e. The van der Waals surface area contributed by atoms with Crippen molar-refractivity contribution in [2.75, 3.05) is 0 Å². The molecule has 6 heteroatoms. The van der Waals surface area contributed by atoms with Crippen molar-refractivity contribution in [3.63, 3.8) is 0 Å². The van der Waals surface area contributed by atoms with Crippen molar-refractivity contribution in [3.8, 4) is 40.0 Å². The molecule has 4 aromatic heterocycles. The van der Waals surface area contributed by atoms with E-state index in [1.165, 1.54) is 0 Å². The van der Waals surface area contributed by atoms with Crippen LogP contribution in [0.4, 0.5) is 0 Å². The van der Waals surface area contributed by atoms with E-state index in [-0.39, 0.29) is 0 Å². The van der Waals surface area contributed by atoms with Gasteiger partial charge in [0.1, 0.15) is 11.5 Å². The molecule has 7 aromatic rings. The number of pyridine rings is 2. The largest absolute Gasteiger partial charge is 0.278 e. The summed E-state index contributed by atoms with van der Waals surface area (Å²) in [7, 11) is 0. The maximum atomic E-state index is 4.89. The molecule has 0 fully saturated rings. The Morgan fingerprint density at radius 2 is 1.08 bits per heavy atom. The molecule has 0 atom stereocenters. The van der Waals surface area contributed by atoms with E-state index in [9.17, 15) is 0 Å². The Balaban J connectivity index is 1.46. The van der Waals surface area contributed by atoms with Crippen molar-refractivity contribution < 1.29 is 0 Å². The van der Waals surface area contributed by atoms with Crippen LogP contribution < -0.4 is 0 Å². The lowest BCUT2D eigenvalue weighted by Gasteiger charge is -2.09. The fraction of sp³-hybridized carbons (Fsp3) is 0. The molecule has 6 nitrogen and oxygen atoms in total. The highest BCUT2D eigenvalue weighted by Crippen LogP contribution is 2.33. The van der Waals surface area contributed by atoms with Crippen molar-refractivity contribution in [2.24, 2.45) is 0 Å². The Morgan fingerprint density at radius 3 is 1.73 bits per heavy atom. The molecule has 7 rings (SSSR count). The van der Waals surface area contributed by atoms with Crippen LogP contribution in [0.3, 0.4) is 0 Å². The first kappa shape index (κ1) is 21.1. The maximum Gasteiger partial charge on any atom is 0.164 e. The average molecular weight is 477 g/mol. The molecule has 0 radical (unpaired) electrons. The molecule has 3 aromatic carbocycles. The lowest BCUT2D eigenvalue weighted by Crippen LogP contribution is -2.00. The first-order chi connectivity index (χ1) is 18.3. The second kappa shape index (κ2) is 8.77. The molecule has 0 unspecified atom stereocenters. The minimum atomic E-state index is 0.622. The van der Waals surface area contributed by atoms with Gasteiger partial charge in [0.05, 0.1) is 5.52 Å². The van der Waals surface area contributed by atoms with E-state index < -0.39 is 0 Å². The summed E-state index contributed by atoms with van der Waals surface area (Å²) < 4.78 is 2.09. The van der Waals surface area contributed by atoms with Gasteiger partial charge in [0, 0.05) is 39.9 Å². The van der Waals surface area contributed by atoms with Crippen LogP contribution in [-0.2, 0) is 0 Å². The Morgan fingerprint density at radius 1 is 0.459 bits per heavy atom. The summed E-state index contributed by atoms with van der Waals surface area (Å²) in [5.74, 6) is 2.73. The molecule has 0 N–H and O–H groups in total. The summed E-state index contributed by atoms with van der Waals surface area (Å²) in [4.78, 5) is 23.9. The third-order valence-corrected chi connectivity index (χ3v) is 6.36. The minimum absolute atomic E-state index is 0.622. The van der Waals surface area contributed by atoms with Gasteiger partial charge in [-0.05, 0) is 42.5 Å². The molecule has 0 spiro atoms. The number of aromatic nitrogens is 6. The van der Waals surface area contributed by atoms with Gasteiger partial charge in [-0.3, -0.25) is 4.57 Å². The number of nitrogens with zero attached hydrogens (tertiary/aromatic N) is 6. The fourth-order valence-corrected chi connectivity index (χ4v) is 4.64. The van der Waals surface area contributed by atoms with Crippen molar-refractivity contribution in [1.82, 2.24) is 29.5 Å². The van der Waals surface area contributed by atoms with Gasteiger partial charge in [-0.1, -0.05) is 66.7 Å². The third-order valence-electron chi connectivity index (χ3n) is 6.36. The molecular formula is C31H20N6. The highest BCUT2D eigenvalue weighted by atomic mass is 15.1. The van der Waals surface area contributed by atoms with E-state index in [0.717, 1.165) is 44.4 Å². The Bertz CT molecular complexity index is 1810. The summed E-state index contributed by atoms with van der Waals surface area (Å²) in [6.45, 7) is 0. The van der Waals surface area contributed by atoms with Crippen LogP contribution in [0.1, 0.15) is 0 Å². The summed E-state index contributed by atoms with van der Waals surface area (Å²) >= 11 is 0. The zero-order valence-electron chi connectivity index (χ0n) is 19.7. The van der Waals surface area contributed by atoms with Crippen LogP contribution in [-0.4, -0.2) is 29.5 Å². The van der Waals surface area contributed by atoms with E-state index in [4.69, 9.17) is 15.0 Å². The molecule has 0 aliphatic heterocycles. The molecule has 0 saturated heterocycles. The normalized spacial score (nSPS) is 11.2. The van der Waals surface area contributed by atoms with Crippen LogP contribution in [0.25, 0.3) is 61.9 Å². The number of fused-ring (bicyclic) bond motifs is 3. The SMILES string of the molecule is c1ccc(-c2nc(-c3ccccc3)nc(-c3ccc4c(c3)c3cccnc3n4-c3ccccn3)n2)cc1. The van der Waals surface area contributed by atoms with Crippen molar-refractivity contribution >= 4 is 21.9 Å². The van der Waals surface area contributed by atoms with Crippen molar-refractivity contribution in [2.45, 2.75) is 0 Å². The summed E-state index contributed by atoms with van der Waals surface area (Å²) in [6, 6.07) is 36.2. The zero-order chi connectivity index (χ0) is 24.6. The molecule has 4 heterocycles. The third kappa shape index (κ3) is 3.72. The van der Waals surface area contributed by atoms with Gasteiger partial charge in [-0.15, -0.1) is 0 Å². The number of hydrogen-bond donors (Lipinski definition) is 0. The topological polar surface area (TPSA) is 69.4 Å². The molecule has 0 amide bonds. The van der Waals surface area contributed by atoms with E-state index in [1.807, 2.05) is 91.1 Å². The Kier molecular flexibility index (Phi) is 5.00. The van der Waals surface area contributed by atoms with Crippen LogP contribution in [0.2, 0.25) is 0 Å². The first-order valence-electron chi connectivity index (χ1n) is 12.0. The molecule has 174 valence electrons. The predicted octanol–water partition coefficient (Wildman–Crippen LogP) is 6.76. The number of hydrogen-bond acceptors (Lipinski definition) is 5. The van der Waals surface area contributed by atoms with Crippen LogP contribution in [0.15, 0.2) is 122 Å². The number of benzene rings is 3. The quantitative estimate of drug-likeness (QED) is 0.281. The van der Waals surface area contributed by atoms with E-state index >= 15 is 0 Å². The fourth-order valence-electron chi connectivity index (χ4n) is 4.64. The first-order valence-corrected chi connectivity index (χ1v) is 12.0. The predicted molar refractivity (Wildman–Crippen MR) is 146 cm³/mol. The highest BCUT2D eigenvalue weighted by Gasteiger charge is 2.17. The smallest absolute Gasteiger partial charge is 0.164 e. The monoisotopic (exact) mass is 476 g/mol. The molecule has 37 heavy (non-hydrogen) atoms. The van der Waals surface area contributed by atoms with Gasteiger partial charge in [-0.25, -0.2) is 24.9 Å². The van der Waals surface area contributed by atoms with Crippen LogP contribution >= 0.6 is 0 Å². The second-order valence-electron chi connectivity index (χ2n) is 8.67. The van der Waals surface area contributed by atoms with Crippen molar-refractivity contribution in [3.05, 3.63) is 122 Å². The second-order valence-corrected chi connectivity index (χ2v) is 8.67. The molecular weight excluding hydrogens is 456 g/mol. The van der Waals surface area contributed by atoms with E-state index in [2.05, 4.69) is 38.8 Å². The molecule has 0 bridgehead atoms. The van der Waals surface area contributed by atoms with Gasteiger partial charge in [-0.2, -0.15) is 0 Å². The van der Waals surface area contributed by atoms with E-state index in [1.54, 1.807) is 6.20 Å². The summed E-state index contributed by atoms with van der Waals surface area (Å²) in [6.07, 6.45) is 3.61. The van der Waals surface area contributed by atoms with Gasteiger partial charge in [0.15, 0.2) is 17.5 Å². The zero-order valence-corrected chi connectivity index (χ0v) is 19.7. The van der Waals surface area contributed by atoms with Crippen molar-refractivity contribution in [1.29, 1.82) is 0 Å². The Labute approximate surface area is 213 Å². The van der Waals surface area contributed by atoms with Gasteiger partial charge in [0.2, 0.25) is 0 Å². The van der Waals surface area contributed by atoms with Gasteiger partial charge < -0.3 is 0 Å².